The van der Waals surface area contributed by atoms with Crippen molar-refractivity contribution in [2.45, 2.75) is 19.8 Å². The number of carbonyl (C=O) groups is 1. The van der Waals surface area contributed by atoms with Gasteiger partial charge in [0.05, 0.1) is 12.5 Å². The van der Waals surface area contributed by atoms with Gasteiger partial charge >= 0.3 is 5.97 Å². The van der Waals surface area contributed by atoms with E-state index in [9.17, 15) is 4.79 Å². The van der Waals surface area contributed by atoms with Gasteiger partial charge in [0.1, 0.15) is 0 Å². The van der Waals surface area contributed by atoms with Crippen molar-refractivity contribution in [1.82, 2.24) is 0 Å². The van der Waals surface area contributed by atoms with Gasteiger partial charge in [-0.3, -0.25) is 4.79 Å². The molecule has 2 rings (SSSR count). The van der Waals surface area contributed by atoms with Gasteiger partial charge in [0.25, 0.3) is 0 Å². The molecule has 0 fully saturated rings. The molecule has 0 radical (unpaired) electrons. The zero-order valence-electron chi connectivity index (χ0n) is 8.29. The van der Waals surface area contributed by atoms with E-state index in [2.05, 4.69) is 12.2 Å². The molecule has 1 unspecified atom stereocenters. The summed E-state index contributed by atoms with van der Waals surface area (Å²) in [5.74, 6) is 0.855. The lowest BCUT2D eigenvalue weighted by Crippen LogP contribution is -2.20. The van der Waals surface area contributed by atoms with E-state index in [-0.39, 0.29) is 11.9 Å². The highest BCUT2D eigenvalue weighted by atomic mass is 32.2. The highest BCUT2D eigenvalue weighted by Crippen LogP contribution is 2.41. The van der Waals surface area contributed by atoms with E-state index in [1.54, 1.807) is 11.8 Å². The predicted molar refractivity (Wildman–Crippen MR) is 58.0 cm³/mol. The first-order valence-electron chi connectivity index (χ1n) is 5.02. The Morgan fingerprint density at radius 2 is 2.57 bits per heavy atom. The zero-order chi connectivity index (χ0) is 9.97. The Hall–Kier alpha value is -0.700. The molecule has 1 atom stereocenters. The molecule has 0 saturated carbocycles. The molecule has 14 heavy (non-hydrogen) atoms. The fourth-order valence-corrected chi connectivity index (χ4v) is 3.18. The van der Waals surface area contributed by atoms with E-state index >= 15 is 0 Å². The van der Waals surface area contributed by atoms with Crippen LogP contribution >= 0.6 is 11.8 Å². The molecule has 0 N–H and O–H groups in total. The minimum absolute atomic E-state index is 0.0277. The Bertz CT molecular complexity index is 304. The second kappa shape index (κ2) is 4.22. The second-order valence-electron chi connectivity index (χ2n) is 3.45. The van der Waals surface area contributed by atoms with Gasteiger partial charge in [-0.05, 0) is 25.3 Å². The minimum Gasteiger partial charge on any atom is -0.466 e. The molecule has 3 heteroatoms. The molecule has 0 spiro atoms. The van der Waals surface area contributed by atoms with Crippen LogP contribution in [0.1, 0.15) is 19.8 Å². The molecule has 0 aromatic rings. The topological polar surface area (TPSA) is 26.3 Å². The molecule has 0 bridgehead atoms. The normalized spacial score (nSPS) is 25.1. The van der Waals surface area contributed by atoms with Crippen molar-refractivity contribution >= 4 is 17.7 Å². The Morgan fingerprint density at radius 1 is 1.71 bits per heavy atom. The highest BCUT2D eigenvalue weighted by molar-refractivity contribution is 8.03. The molecule has 0 amide bonds. The van der Waals surface area contributed by atoms with Crippen molar-refractivity contribution in [1.29, 1.82) is 0 Å². The summed E-state index contributed by atoms with van der Waals surface area (Å²) in [6.07, 6.45) is 6.42. The van der Waals surface area contributed by atoms with E-state index in [0.717, 1.165) is 18.6 Å². The maximum atomic E-state index is 11.6. The van der Waals surface area contributed by atoms with Gasteiger partial charge in [-0.15, -0.1) is 11.8 Å². The van der Waals surface area contributed by atoms with Crippen LogP contribution in [0.5, 0.6) is 0 Å². The summed E-state index contributed by atoms with van der Waals surface area (Å²) in [6.45, 7) is 2.34. The molecule has 1 aliphatic carbocycles. The van der Waals surface area contributed by atoms with Gasteiger partial charge in [0, 0.05) is 10.7 Å². The lowest BCUT2D eigenvalue weighted by Gasteiger charge is -2.14. The zero-order valence-corrected chi connectivity index (χ0v) is 9.10. The van der Waals surface area contributed by atoms with Gasteiger partial charge in [0.2, 0.25) is 0 Å². The fourth-order valence-electron chi connectivity index (χ4n) is 1.87. The van der Waals surface area contributed by atoms with Gasteiger partial charge in [0.15, 0.2) is 0 Å². The standard InChI is InChI=1S/C11H14O2S/c1-2-13-11(12)9-7-14-10-6-4-3-5-8(9)10/h4,6,9H,2-3,5,7H2,1H3. The molecule has 1 heterocycles. The summed E-state index contributed by atoms with van der Waals surface area (Å²) in [5.41, 5.74) is 1.30. The van der Waals surface area contributed by atoms with Gasteiger partial charge < -0.3 is 4.74 Å². The molecule has 1 aliphatic heterocycles. The third-order valence-corrected chi connectivity index (χ3v) is 3.77. The average molecular weight is 210 g/mol. The van der Waals surface area contributed by atoms with E-state index in [1.165, 1.54) is 10.5 Å². The highest BCUT2D eigenvalue weighted by Gasteiger charge is 2.32. The van der Waals surface area contributed by atoms with Crippen LogP contribution in [0.3, 0.4) is 0 Å². The predicted octanol–water partition coefficient (Wildman–Crippen LogP) is 2.52. The van der Waals surface area contributed by atoms with Gasteiger partial charge in [-0.25, -0.2) is 0 Å². The smallest absolute Gasteiger partial charge is 0.313 e. The number of allylic oxidation sites excluding steroid dienone is 2. The van der Waals surface area contributed by atoms with Gasteiger partial charge in [-0.2, -0.15) is 0 Å². The summed E-state index contributed by atoms with van der Waals surface area (Å²) in [4.78, 5) is 12.9. The monoisotopic (exact) mass is 210 g/mol. The Morgan fingerprint density at radius 3 is 3.36 bits per heavy atom. The maximum absolute atomic E-state index is 11.6. The summed E-state index contributed by atoms with van der Waals surface area (Å²) < 4.78 is 5.06. The van der Waals surface area contributed by atoms with E-state index in [1.807, 2.05) is 6.92 Å². The van der Waals surface area contributed by atoms with Crippen LogP contribution in [0.25, 0.3) is 0 Å². The summed E-state index contributed by atoms with van der Waals surface area (Å²) in [6, 6.07) is 0. The SMILES string of the molecule is CCOC(=O)C1CSC2=C1CCC=C2. The van der Waals surface area contributed by atoms with Crippen LogP contribution in [0, 0.1) is 5.92 Å². The first-order valence-corrected chi connectivity index (χ1v) is 6.00. The summed E-state index contributed by atoms with van der Waals surface area (Å²) in [7, 11) is 0. The largest absolute Gasteiger partial charge is 0.466 e. The van der Waals surface area contributed by atoms with E-state index in [0.29, 0.717) is 6.61 Å². The number of ether oxygens (including phenoxy) is 1. The fraction of sp³-hybridized carbons (Fsp3) is 0.545. The summed E-state index contributed by atoms with van der Waals surface area (Å²) >= 11 is 1.78. The van der Waals surface area contributed by atoms with Crippen LogP contribution in [0.4, 0.5) is 0 Å². The number of esters is 1. The van der Waals surface area contributed by atoms with Crippen LogP contribution in [-0.4, -0.2) is 18.3 Å². The Kier molecular flexibility index (Phi) is 2.96. The molecule has 2 aliphatic rings. The molecular formula is C11H14O2S. The van der Waals surface area contributed by atoms with Crippen molar-refractivity contribution in [3.05, 3.63) is 22.6 Å². The lowest BCUT2D eigenvalue weighted by atomic mass is 9.93. The minimum atomic E-state index is -0.0414. The third-order valence-electron chi connectivity index (χ3n) is 2.56. The van der Waals surface area contributed by atoms with Crippen molar-refractivity contribution < 1.29 is 9.53 Å². The van der Waals surface area contributed by atoms with E-state index in [4.69, 9.17) is 4.74 Å². The first kappa shape index (κ1) is 9.84. The number of carbonyl (C=O) groups excluding carboxylic acids is 1. The average Bonchev–Trinajstić information content (AvgIpc) is 2.61. The van der Waals surface area contributed by atoms with Crippen LogP contribution in [0.2, 0.25) is 0 Å². The third kappa shape index (κ3) is 1.73. The molecule has 2 nitrogen and oxygen atoms in total. The number of thioether (sulfide) groups is 1. The van der Waals surface area contributed by atoms with E-state index < -0.39 is 0 Å². The lowest BCUT2D eigenvalue weighted by molar-refractivity contribution is -0.145. The van der Waals surface area contributed by atoms with Crippen LogP contribution in [-0.2, 0) is 9.53 Å². The number of rotatable bonds is 2. The van der Waals surface area contributed by atoms with Crippen molar-refractivity contribution in [2.24, 2.45) is 5.92 Å². The van der Waals surface area contributed by atoms with Crippen molar-refractivity contribution in [3.8, 4) is 0 Å². The number of hydrogen-bond donors (Lipinski definition) is 0. The van der Waals surface area contributed by atoms with Crippen molar-refractivity contribution in [2.75, 3.05) is 12.4 Å². The van der Waals surface area contributed by atoms with Crippen molar-refractivity contribution in [3.63, 3.8) is 0 Å². The molecule has 0 saturated heterocycles. The first-order chi connectivity index (χ1) is 6.83. The Balaban J connectivity index is 2.12. The second-order valence-corrected chi connectivity index (χ2v) is 4.51. The molecule has 0 aromatic heterocycles. The van der Waals surface area contributed by atoms with Gasteiger partial charge in [-0.1, -0.05) is 12.2 Å². The maximum Gasteiger partial charge on any atom is 0.313 e. The summed E-state index contributed by atoms with van der Waals surface area (Å²) in [5, 5.41) is 0. The number of hydrogen-bond acceptors (Lipinski definition) is 3. The molecule has 76 valence electrons. The molecule has 0 aromatic carbocycles. The Labute approximate surface area is 88.4 Å². The van der Waals surface area contributed by atoms with Crippen LogP contribution in [0.15, 0.2) is 22.6 Å². The molecular weight excluding hydrogens is 196 g/mol. The van der Waals surface area contributed by atoms with Crippen LogP contribution < -0.4 is 0 Å². The quantitative estimate of drug-likeness (QED) is 0.655.